The standard InChI is InChI=1S/C24H49NSi2/c1-7-19-26(11-5,20-8-2)23-16-14-13-15-17-25-18-24-27(12-6,21-9-3)22-10-4/h11-12,18H,5-10,13-17,19-24H2,1-4H3. The van der Waals surface area contributed by atoms with Gasteiger partial charge in [-0.15, -0.1) is 24.6 Å². The molecule has 0 bridgehead atoms. The van der Waals surface area contributed by atoms with Crippen LogP contribution < -0.4 is 0 Å². The highest BCUT2D eigenvalue weighted by atomic mass is 28.3. The van der Waals surface area contributed by atoms with Gasteiger partial charge < -0.3 is 0 Å². The Bertz CT molecular complexity index is 391. The summed E-state index contributed by atoms with van der Waals surface area (Å²) in [7, 11) is -2.44. The van der Waals surface area contributed by atoms with Gasteiger partial charge in [0.15, 0.2) is 0 Å². The van der Waals surface area contributed by atoms with Crippen LogP contribution >= 0.6 is 0 Å². The van der Waals surface area contributed by atoms with E-state index in [9.17, 15) is 0 Å². The summed E-state index contributed by atoms with van der Waals surface area (Å²) in [4.78, 5) is 4.74. The maximum Gasteiger partial charge on any atom is 0.0822 e. The van der Waals surface area contributed by atoms with E-state index in [0.29, 0.717) is 0 Å². The molecule has 0 rings (SSSR count). The molecule has 0 spiro atoms. The van der Waals surface area contributed by atoms with Crippen LogP contribution in [0.1, 0.15) is 79.1 Å². The number of nitrogens with zero attached hydrogens (tertiary/aromatic N) is 1. The first-order chi connectivity index (χ1) is 13.1. The van der Waals surface area contributed by atoms with E-state index < -0.39 is 16.1 Å². The molecule has 0 aliphatic rings. The lowest BCUT2D eigenvalue weighted by atomic mass is 10.2. The molecular weight excluding hydrogens is 358 g/mol. The van der Waals surface area contributed by atoms with Crippen molar-refractivity contribution in [1.29, 1.82) is 0 Å². The first-order valence-electron chi connectivity index (χ1n) is 11.8. The maximum absolute atomic E-state index is 4.74. The fourth-order valence-electron chi connectivity index (χ4n) is 4.66. The molecule has 0 saturated heterocycles. The molecule has 0 aromatic carbocycles. The zero-order chi connectivity index (χ0) is 20.4. The molecule has 0 N–H and O–H groups in total. The fourth-order valence-corrected chi connectivity index (χ4v) is 12.7. The maximum atomic E-state index is 4.74. The molecule has 0 heterocycles. The molecule has 0 unspecified atom stereocenters. The van der Waals surface area contributed by atoms with Crippen LogP contribution in [0.15, 0.2) is 29.5 Å². The van der Waals surface area contributed by atoms with Gasteiger partial charge in [-0.2, -0.15) is 0 Å². The Hall–Kier alpha value is -0.416. The van der Waals surface area contributed by atoms with Crippen LogP contribution in [0.3, 0.4) is 0 Å². The van der Waals surface area contributed by atoms with E-state index in [1.807, 2.05) is 0 Å². The zero-order valence-electron chi connectivity index (χ0n) is 19.2. The number of hydrogen-bond acceptors (Lipinski definition) is 1. The molecule has 0 radical (unpaired) electrons. The van der Waals surface area contributed by atoms with Gasteiger partial charge in [-0.25, -0.2) is 0 Å². The van der Waals surface area contributed by atoms with Crippen LogP contribution in [-0.2, 0) is 0 Å². The predicted octanol–water partition coefficient (Wildman–Crippen LogP) is 8.61. The number of unbranched alkanes of at least 4 members (excludes halogenated alkanes) is 3. The van der Waals surface area contributed by atoms with Crippen molar-refractivity contribution in [3.05, 3.63) is 24.6 Å². The normalized spacial score (nSPS) is 12.6. The Morgan fingerprint density at radius 2 is 1.11 bits per heavy atom. The van der Waals surface area contributed by atoms with Gasteiger partial charge in [-0.05, 0) is 18.7 Å². The minimum atomic E-state index is -1.28. The molecule has 0 atom stereocenters. The van der Waals surface area contributed by atoms with Crippen molar-refractivity contribution in [3.63, 3.8) is 0 Å². The third-order valence-electron chi connectivity index (χ3n) is 6.20. The van der Waals surface area contributed by atoms with Crippen LogP contribution in [0.25, 0.3) is 0 Å². The van der Waals surface area contributed by atoms with Gasteiger partial charge in [-0.1, -0.05) is 103 Å². The number of aliphatic imine (C=N–C) groups is 1. The van der Waals surface area contributed by atoms with Crippen molar-refractivity contribution in [2.24, 2.45) is 4.99 Å². The summed E-state index contributed by atoms with van der Waals surface area (Å²) >= 11 is 0. The Morgan fingerprint density at radius 3 is 1.59 bits per heavy atom. The van der Waals surface area contributed by atoms with E-state index in [4.69, 9.17) is 4.99 Å². The smallest absolute Gasteiger partial charge is 0.0822 e. The highest BCUT2D eigenvalue weighted by Crippen LogP contribution is 2.28. The van der Waals surface area contributed by atoms with Crippen LogP contribution in [0.4, 0.5) is 0 Å². The molecular formula is C24H49NSi2. The summed E-state index contributed by atoms with van der Waals surface area (Å²) < 4.78 is 0. The average molecular weight is 408 g/mol. The molecule has 158 valence electrons. The Kier molecular flexibility index (Phi) is 16.3. The lowest BCUT2D eigenvalue weighted by Gasteiger charge is -2.27. The molecule has 0 amide bonds. The lowest BCUT2D eigenvalue weighted by Crippen LogP contribution is -2.31. The second kappa shape index (κ2) is 16.5. The summed E-state index contributed by atoms with van der Waals surface area (Å²) in [6, 6.07) is 8.31. The molecule has 0 saturated carbocycles. The van der Waals surface area contributed by atoms with Crippen molar-refractivity contribution in [1.82, 2.24) is 0 Å². The van der Waals surface area contributed by atoms with Gasteiger partial charge in [-0.3, -0.25) is 4.99 Å². The molecule has 27 heavy (non-hydrogen) atoms. The van der Waals surface area contributed by atoms with Gasteiger partial charge in [0.05, 0.1) is 16.1 Å². The lowest BCUT2D eigenvalue weighted by molar-refractivity contribution is 0.669. The van der Waals surface area contributed by atoms with Crippen LogP contribution in [0.2, 0.25) is 36.3 Å². The summed E-state index contributed by atoms with van der Waals surface area (Å²) in [6.45, 7) is 18.7. The molecule has 0 aliphatic carbocycles. The second-order valence-electron chi connectivity index (χ2n) is 8.59. The largest absolute Gasteiger partial charge is 0.298 e. The van der Waals surface area contributed by atoms with Gasteiger partial charge in [0.1, 0.15) is 0 Å². The van der Waals surface area contributed by atoms with Gasteiger partial charge in [0, 0.05) is 6.54 Å². The van der Waals surface area contributed by atoms with Gasteiger partial charge >= 0.3 is 0 Å². The highest BCUT2D eigenvalue weighted by Gasteiger charge is 2.27. The third-order valence-corrected chi connectivity index (χ3v) is 16.3. The van der Waals surface area contributed by atoms with Crippen molar-refractivity contribution in [3.8, 4) is 0 Å². The molecule has 0 aromatic heterocycles. The predicted molar refractivity (Wildman–Crippen MR) is 134 cm³/mol. The van der Waals surface area contributed by atoms with Crippen LogP contribution in [-0.4, -0.2) is 28.9 Å². The summed E-state index contributed by atoms with van der Waals surface area (Å²) in [5.41, 5.74) is 4.72. The Labute approximate surface area is 173 Å². The minimum Gasteiger partial charge on any atom is -0.298 e. The van der Waals surface area contributed by atoms with E-state index in [1.165, 1.54) is 87.6 Å². The number of hydrogen-bond donors (Lipinski definition) is 0. The van der Waals surface area contributed by atoms with Gasteiger partial charge in [0.2, 0.25) is 0 Å². The van der Waals surface area contributed by atoms with Gasteiger partial charge in [0.25, 0.3) is 0 Å². The topological polar surface area (TPSA) is 12.4 Å². The van der Waals surface area contributed by atoms with Crippen molar-refractivity contribution >= 4 is 22.4 Å². The monoisotopic (exact) mass is 407 g/mol. The molecule has 0 fully saturated rings. The molecule has 1 nitrogen and oxygen atoms in total. The Balaban J connectivity index is 4.09. The minimum absolute atomic E-state index is 1.02. The summed E-state index contributed by atoms with van der Waals surface area (Å²) in [5.74, 6) is 0. The van der Waals surface area contributed by atoms with Crippen LogP contribution in [0.5, 0.6) is 0 Å². The first kappa shape index (κ1) is 26.6. The van der Waals surface area contributed by atoms with Crippen molar-refractivity contribution in [2.75, 3.05) is 6.54 Å². The Morgan fingerprint density at radius 1 is 0.630 bits per heavy atom. The third kappa shape index (κ3) is 11.2. The highest BCUT2D eigenvalue weighted by molar-refractivity contribution is 6.86. The van der Waals surface area contributed by atoms with Crippen LogP contribution in [0, 0.1) is 0 Å². The van der Waals surface area contributed by atoms with E-state index in [1.54, 1.807) is 0 Å². The summed E-state index contributed by atoms with van der Waals surface area (Å²) in [5, 5.41) is 0. The first-order valence-corrected chi connectivity index (χ1v) is 17.2. The number of rotatable bonds is 19. The fraction of sp³-hybridized carbons (Fsp3) is 0.792. The second-order valence-corrected chi connectivity index (χ2v) is 17.8. The van der Waals surface area contributed by atoms with E-state index in [-0.39, 0.29) is 0 Å². The van der Waals surface area contributed by atoms with E-state index in [0.717, 1.165) is 6.54 Å². The molecule has 3 heteroatoms. The zero-order valence-corrected chi connectivity index (χ0v) is 21.2. The summed E-state index contributed by atoms with van der Waals surface area (Å²) in [6.07, 6.45) is 12.9. The van der Waals surface area contributed by atoms with E-state index >= 15 is 0 Å². The quantitative estimate of drug-likeness (QED) is 0.115. The molecule has 0 aromatic rings. The van der Waals surface area contributed by atoms with Crippen molar-refractivity contribution < 1.29 is 0 Å². The SMILES string of the molecule is C=C[Si](CC=NCCCCCC[Si](C=C)(CCC)CCC)(CCC)CCC. The molecule has 0 aliphatic heterocycles. The van der Waals surface area contributed by atoms with E-state index in [2.05, 4.69) is 58.5 Å². The average Bonchev–Trinajstić information content (AvgIpc) is 2.67. The van der Waals surface area contributed by atoms with Crippen molar-refractivity contribution in [2.45, 2.75) is 115 Å².